The lowest BCUT2D eigenvalue weighted by Gasteiger charge is -2.23. The molecule has 0 radical (unpaired) electrons. The van der Waals surface area contributed by atoms with Crippen molar-refractivity contribution >= 4 is 27.5 Å². The lowest BCUT2D eigenvalue weighted by molar-refractivity contribution is -0.384. The molecule has 1 atom stereocenters. The smallest absolute Gasteiger partial charge is 0.270 e. The van der Waals surface area contributed by atoms with E-state index in [0.717, 1.165) is 6.42 Å². The molecule has 0 aliphatic carbocycles. The number of benzene rings is 1. The maximum Gasteiger partial charge on any atom is 0.270 e. The van der Waals surface area contributed by atoms with Gasteiger partial charge in [0, 0.05) is 23.2 Å². The molecule has 0 aliphatic heterocycles. The van der Waals surface area contributed by atoms with Crippen LogP contribution >= 0.6 is 15.9 Å². The maximum atomic E-state index is 12.0. The molecule has 6 nitrogen and oxygen atoms in total. The number of rotatable bonds is 6. The number of carbonyl (C=O) groups excluding carboxylic acids is 1. The van der Waals surface area contributed by atoms with Gasteiger partial charge in [0.25, 0.3) is 11.6 Å². The van der Waals surface area contributed by atoms with Crippen molar-refractivity contribution in [3.63, 3.8) is 0 Å². The van der Waals surface area contributed by atoms with Crippen molar-refractivity contribution in [2.45, 2.75) is 32.3 Å². The molecule has 110 valence electrons. The van der Waals surface area contributed by atoms with E-state index in [1.54, 1.807) is 6.92 Å². The first-order valence-corrected chi connectivity index (χ1v) is 7.00. The van der Waals surface area contributed by atoms with Crippen LogP contribution in [-0.2, 0) is 0 Å². The Morgan fingerprint density at radius 1 is 1.55 bits per heavy atom. The van der Waals surface area contributed by atoms with Gasteiger partial charge >= 0.3 is 0 Å². The second-order valence-corrected chi connectivity index (χ2v) is 5.71. The van der Waals surface area contributed by atoms with Crippen LogP contribution in [0.4, 0.5) is 5.69 Å². The zero-order valence-electron chi connectivity index (χ0n) is 11.4. The average molecular weight is 345 g/mol. The van der Waals surface area contributed by atoms with Crippen LogP contribution in [-0.4, -0.2) is 28.1 Å². The second kappa shape index (κ2) is 6.81. The predicted molar refractivity (Wildman–Crippen MR) is 78.7 cm³/mol. The molecular weight excluding hydrogens is 328 g/mol. The molecule has 0 heterocycles. The zero-order valence-corrected chi connectivity index (χ0v) is 12.9. The van der Waals surface area contributed by atoms with Crippen molar-refractivity contribution in [1.82, 2.24) is 5.32 Å². The number of hydrogen-bond acceptors (Lipinski definition) is 4. The van der Waals surface area contributed by atoms with Gasteiger partial charge in [-0.3, -0.25) is 14.9 Å². The maximum absolute atomic E-state index is 12.0. The topological polar surface area (TPSA) is 92.5 Å². The van der Waals surface area contributed by atoms with Gasteiger partial charge in [-0.1, -0.05) is 13.3 Å². The lowest BCUT2D eigenvalue weighted by Crippen LogP contribution is -2.40. The monoisotopic (exact) mass is 344 g/mol. The quantitative estimate of drug-likeness (QED) is 0.612. The number of nitrogens with one attached hydrogen (secondary N) is 1. The van der Waals surface area contributed by atoms with Crippen LogP contribution in [0.25, 0.3) is 0 Å². The molecule has 1 aromatic carbocycles. The van der Waals surface area contributed by atoms with Crippen LogP contribution < -0.4 is 5.32 Å². The standard InChI is InChI=1S/C13H17BrN2O4/c1-3-6-13(2,18)8-15-12(17)10-7-9(16(19)20)4-5-11(10)14/h4-5,7,18H,3,6,8H2,1-2H3,(H,15,17). The number of amides is 1. The summed E-state index contributed by atoms with van der Waals surface area (Å²) >= 11 is 3.19. The minimum absolute atomic E-state index is 0.0921. The third-order valence-corrected chi connectivity index (χ3v) is 3.52. The highest BCUT2D eigenvalue weighted by molar-refractivity contribution is 9.10. The van der Waals surface area contributed by atoms with E-state index in [0.29, 0.717) is 10.9 Å². The Kier molecular flexibility index (Phi) is 5.64. The van der Waals surface area contributed by atoms with E-state index >= 15 is 0 Å². The van der Waals surface area contributed by atoms with E-state index < -0.39 is 16.4 Å². The number of halogens is 1. The summed E-state index contributed by atoms with van der Waals surface area (Å²) in [6, 6.07) is 3.97. The molecule has 1 rings (SSSR count). The minimum Gasteiger partial charge on any atom is -0.388 e. The van der Waals surface area contributed by atoms with E-state index in [-0.39, 0.29) is 17.8 Å². The third kappa shape index (κ3) is 4.57. The van der Waals surface area contributed by atoms with Crippen molar-refractivity contribution < 1.29 is 14.8 Å². The Bertz CT molecular complexity index is 517. The fourth-order valence-electron chi connectivity index (χ4n) is 1.79. The largest absolute Gasteiger partial charge is 0.388 e. The van der Waals surface area contributed by atoms with Gasteiger partial charge in [-0.2, -0.15) is 0 Å². The van der Waals surface area contributed by atoms with E-state index in [4.69, 9.17) is 0 Å². The van der Waals surface area contributed by atoms with Crippen molar-refractivity contribution in [2.75, 3.05) is 6.54 Å². The van der Waals surface area contributed by atoms with Crippen LogP contribution in [0.5, 0.6) is 0 Å². The molecule has 0 bridgehead atoms. The number of non-ortho nitro benzene ring substituents is 1. The molecular formula is C13H17BrN2O4. The van der Waals surface area contributed by atoms with Gasteiger partial charge in [-0.15, -0.1) is 0 Å². The molecule has 7 heteroatoms. The van der Waals surface area contributed by atoms with Crippen LogP contribution in [0.1, 0.15) is 37.0 Å². The summed E-state index contributed by atoms with van der Waals surface area (Å²) in [4.78, 5) is 22.2. The Morgan fingerprint density at radius 3 is 2.75 bits per heavy atom. The van der Waals surface area contributed by atoms with Crippen LogP contribution in [0.2, 0.25) is 0 Å². The Balaban J connectivity index is 2.82. The first-order valence-electron chi connectivity index (χ1n) is 6.21. The molecule has 0 aliphatic rings. The average Bonchev–Trinajstić information content (AvgIpc) is 2.36. The first kappa shape index (κ1) is 16.6. The van der Waals surface area contributed by atoms with Crippen molar-refractivity contribution in [1.29, 1.82) is 0 Å². The summed E-state index contributed by atoms with van der Waals surface area (Å²) in [5.74, 6) is -0.461. The van der Waals surface area contributed by atoms with Gasteiger partial charge in [0.05, 0.1) is 16.1 Å². The van der Waals surface area contributed by atoms with Gasteiger partial charge in [0.1, 0.15) is 0 Å². The molecule has 0 fully saturated rings. The SMILES string of the molecule is CCCC(C)(O)CNC(=O)c1cc([N+](=O)[O-])ccc1Br. The number of nitro benzene ring substituents is 1. The molecule has 0 saturated carbocycles. The van der Waals surface area contributed by atoms with Crippen molar-refractivity contribution in [2.24, 2.45) is 0 Å². The summed E-state index contributed by atoms with van der Waals surface area (Å²) in [6.07, 6.45) is 1.35. The molecule has 1 aromatic rings. The van der Waals surface area contributed by atoms with E-state index in [1.807, 2.05) is 6.92 Å². The van der Waals surface area contributed by atoms with Gasteiger partial charge < -0.3 is 10.4 Å². The summed E-state index contributed by atoms with van der Waals surface area (Å²) in [5, 5.41) is 23.3. The normalized spacial score (nSPS) is 13.6. The summed E-state index contributed by atoms with van der Waals surface area (Å²) in [7, 11) is 0. The van der Waals surface area contributed by atoms with Crippen LogP contribution in [0, 0.1) is 10.1 Å². The van der Waals surface area contributed by atoms with E-state index in [1.165, 1.54) is 18.2 Å². The molecule has 20 heavy (non-hydrogen) atoms. The summed E-state index contributed by atoms with van der Waals surface area (Å²) in [5.41, 5.74) is -0.970. The highest BCUT2D eigenvalue weighted by Crippen LogP contribution is 2.22. The number of aliphatic hydroxyl groups is 1. The van der Waals surface area contributed by atoms with Crippen molar-refractivity contribution in [3.8, 4) is 0 Å². The van der Waals surface area contributed by atoms with Crippen LogP contribution in [0.3, 0.4) is 0 Å². The predicted octanol–water partition coefficient (Wildman–Crippen LogP) is 2.64. The number of carbonyl (C=O) groups is 1. The summed E-state index contributed by atoms with van der Waals surface area (Å²) in [6.45, 7) is 3.67. The highest BCUT2D eigenvalue weighted by atomic mass is 79.9. The van der Waals surface area contributed by atoms with Gasteiger partial charge in [-0.25, -0.2) is 0 Å². The fraction of sp³-hybridized carbons (Fsp3) is 0.462. The third-order valence-electron chi connectivity index (χ3n) is 2.82. The molecule has 2 N–H and O–H groups in total. The molecule has 1 unspecified atom stereocenters. The minimum atomic E-state index is -0.988. The Morgan fingerprint density at radius 2 is 2.20 bits per heavy atom. The van der Waals surface area contributed by atoms with Crippen LogP contribution in [0.15, 0.2) is 22.7 Å². The first-order chi connectivity index (χ1) is 9.26. The summed E-state index contributed by atoms with van der Waals surface area (Å²) < 4.78 is 0.468. The fourth-order valence-corrected chi connectivity index (χ4v) is 2.22. The number of nitro groups is 1. The molecule has 0 spiro atoms. The number of nitrogens with zero attached hydrogens (tertiary/aromatic N) is 1. The second-order valence-electron chi connectivity index (χ2n) is 4.85. The Hall–Kier alpha value is -1.47. The lowest BCUT2D eigenvalue weighted by atomic mass is 10.0. The van der Waals surface area contributed by atoms with E-state index in [2.05, 4.69) is 21.2 Å². The Labute approximate surface area is 125 Å². The molecule has 0 aromatic heterocycles. The number of hydrogen-bond donors (Lipinski definition) is 2. The molecule has 0 saturated heterocycles. The van der Waals surface area contributed by atoms with Gasteiger partial charge in [0.2, 0.25) is 0 Å². The molecule has 1 amide bonds. The van der Waals surface area contributed by atoms with E-state index in [9.17, 15) is 20.0 Å². The zero-order chi connectivity index (χ0) is 15.3. The van der Waals surface area contributed by atoms with Gasteiger partial charge in [0.15, 0.2) is 0 Å². The highest BCUT2D eigenvalue weighted by Gasteiger charge is 2.22. The van der Waals surface area contributed by atoms with Crippen molar-refractivity contribution in [3.05, 3.63) is 38.3 Å². The van der Waals surface area contributed by atoms with Gasteiger partial charge in [-0.05, 0) is 35.3 Å².